The van der Waals surface area contributed by atoms with Crippen LogP contribution in [0.2, 0.25) is 0 Å². The third kappa shape index (κ3) is 6.19. The Kier molecular flexibility index (Phi) is 7.31. The highest BCUT2D eigenvalue weighted by Gasteiger charge is 2.31. The molecule has 30 heavy (non-hydrogen) atoms. The van der Waals surface area contributed by atoms with Gasteiger partial charge in [-0.15, -0.1) is 0 Å². The highest BCUT2D eigenvalue weighted by Crippen LogP contribution is 2.29. The lowest BCUT2D eigenvalue weighted by Gasteiger charge is -2.22. The Balaban J connectivity index is 1.44. The van der Waals surface area contributed by atoms with Gasteiger partial charge in [0.2, 0.25) is 5.91 Å². The number of hydrogen-bond donors (Lipinski definition) is 1. The second-order valence-corrected chi connectivity index (χ2v) is 7.55. The van der Waals surface area contributed by atoms with Crippen molar-refractivity contribution in [2.24, 2.45) is 0 Å². The molecule has 3 rings (SSSR count). The maximum absolute atomic E-state index is 12.7. The topological polar surface area (TPSA) is 48.5 Å². The number of nitrogens with zero attached hydrogens (tertiary/aromatic N) is 3. The summed E-state index contributed by atoms with van der Waals surface area (Å²) >= 11 is 0. The second-order valence-electron chi connectivity index (χ2n) is 7.55. The average Bonchev–Trinajstić information content (AvgIpc) is 2.94. The average molecular weight is 420 g/mol. The van der Waals surface area contributed by atoms with E-state index in [0.29, 0.717) is 38.5 Å². The van der Waals surface area contributed by atoms with Gasteiger partial charge in [0.15, 0.2) is 0 Å². The van der Waals surface area contributed by atoms with Crippen LogP contribution in [0.1, 0.15) is 23.1 Å². The number of hydrogen-bond acceptors (Lipinski definition) is 4. The van der Waals surface area contributed by atoms with Crippen molar-refractivity contribution >= 4 is 11.7 Å². The monoisotopic (exact) mass is 420 g/mol. The summed E-state index contributed by atoms with van der Waals surface area (Å²) in [6, 6.07) is 10.6. The van der Waals surface area contributed by atoms with Gasteiger partial charge in [-0.2, -0.15) is 13.2 Å². The summed E-state index contributed by atoms with van der Waals surface area (Å²) in [6.45, 7) is 5.72. The van der Waals surface area contributed by atoms with Crippen LogP contribution < -0.4 is 10.2 Å². The lowest BCUT2D eigenvalue weighted by Crippen LogP contribution is -2.40. The Morgan fingerprint density at radius 1 is 1.10 bits per heavy atom. The minimum atomic E-state index is -4.38. The largest absolute Gasteiger partial charge is 0.417 e. The maximum atomic E-state index is 12.7. The first-order valence-corrected chi connectivity index (χ1v) is 10.1. The van der Waals surface area contributed by atoms with Crippen LogP contribution >= 0.6 is 0 Å². The molecule has 0 saturated carbocycles. The number of rotatable bonds is 6. The Morgan fingerprint density at radius 3 is 2.60 bits per heavy atom. The SMILES string of the molecule is Cc1ccccc1CCNC(=O)CN1CCCN(c2ccc(C(F)(F)F)cn2)CC1. The van der Waals surface area contributed by atoms with E-state index in [1.165, 1.54) is 17.2 Å². The molecule has 162 valence electrons. The van der Waals surface area contributed by atoms with Crippen molar-refractivity contribution in [2.45, 2.75) is 25.9 Å². The summed E-state index contributed by atoms with van der Waals surface area (Å²) in [7, 11) is 0. The van der Waals surface area contributed by atoms with Gasteiger partial charge in [-0.05, 0) is 43.0 Å². The van der Waals surface area contributed by atoms with Gasteiger partial charge in [0, 0.05) is 38.9 Å². The van der Waals surface area contributed by atoms with E-state index in [2.05, 4.69) is 34.3 Å². The number of halogens is 3. The molecule has 0 unspecified atom stereocenters. The van der Waals surface area contributed by atoms with Gasteiger partial charge < -0.3 is 10.2 Å². The molecule has 1 aromatic carbocycles. The molecule has 0 atom stereocenters. The zero-order chi connectivity index (χ0) is 21.6. The number of aromatic nitrogens is 1. The summed E-state index contributed by atoms with van der Waals surface area (Å²) < 4.78 is 38.1. The highest BCUT2D eigenvalue weighted by molar-refractivity contribution is 5.78. The number of pyridine rings is 1. The number of aryl methyl sites for hydroxylation is 1. The molecule has 1 amide bonds. The Labute approximate surface area is 174 Å². The molecule has 8 heteroatoms. The fourth-order valence-corrected chi connectivity index (χ4v) is 3.59. The summed E-state index contributed by atoms with van der Waals surface area (Å²) in [6.07, 6.45) is -1.89. The molecule has 1 aromatic heterocycles. The third-order valence-electron chi connectivity index (χ3n) is 5.33. The van der Waals surface area contributed by atoms with Crippen LogP contribution in [-0.2, 0) is 17.4 Å². The molecular weight excluding hydrogens is 393 g/mol. The molecule has 2 aromatic rings. The molecule has 5 nitrogen and oxygen atoms in total. The lowest BCUT2D eigenvalue weighted by atomic mass is 10.1. The standard InChI is InChI=1S/C22H27F3N4O/c1-17-5-2-3-6-18(17)9-10-26-21(30)16-28-11-4-12-29(14-13-28)20-8-7-19(15-27-20)22(23,24)25/h2-3,5-8,15H,4,9-14,16H2,1H3,(H,26,30). The molecule has 0 bridgehead atoms. The summed E-state index contributed by atoms with van der Waals surface area (Å²) in [5.74, 6) is 0.525. The van der Waals surface area contributed by atoms with E-state index in [1.807, 2.05) is 17.0 Å². The summed E-state index contributed by atoms with van der Waals surface area (Å²) in [5, 5.41) is 2.98. The quantitative estimate of drug-likeness (QED) is 0.779. The molecule has 2 heterocycles. The van der Waals surface area contributed by atoms with Gasteiger partial charge in [0.1, 0.15) is 5.82 Å². The molecule has 1 aliphatic heterocycles. The molecule has 1 fully saturated rings. The highest BCUT2D eigenvalue weighted by atomic mass is 19.4. The van der Waals surface area contributed by atoms with Gasteiger partial charge in [0.05, 0.1) is 12.1 Å². The number of alkyl halides is 3. The molecule has 1 saturated heterocycles. The molecule has 0 spiro atoms. The van der Waals surface area contributed by atoms with Crippen molar-refractivity contribution in [1.82, 2.24) is 15.2 Å². The van der Waals surface area contributed by atoms with Crippen molar-refractivity contribution in [3.63, 3.8) is 0 Å². The summed E-state index contributed by atoms with van der Waals surface area (Å²) in [4.78, 5) is 20.3. The number of benzene rings is 1. The van der Waals surface area contributed by atoms with E-state index in [1.54, 1.807) is 0 Å². The first-order valence-electron chi connectivity index (χ1n) is 10.1. The number of carbonyl (C=O) groups excluding carboxylic acids is 1. The van der Waals surface area contributed by atoms with Crippen LogP contribution in [0.25, 0.3) is 0 Å². The van der Waals surface area contributed by atoms with Crippen molar-refractivity contribution in [3.05, 3.63) is 59.3 Å². The smallest absolute Gasteiger partial charge is 0.355 e. The second kappa shape index (κ2) is 9.93. The number of amides is 1. The Hall–Kier alpha value is -2.61. The van der Waals surface area contributed by atoms with E-state index in [-0.39, 0.29) is 5.91 Å². The Bertz CT molecular complexity index is 839. The first-order chi connectivity index (χ1) is 14.3. The normalized spacial score (nSPS) is 15.7. The van der Waals surface area contributed by atoms with E-state index < -0.39 is 11.7 Å². The molecule has 1 N–H and O–H groups in total. The van der Waals surface area contributed by atoms with Crippen LogP contribution in [0.4, 0.5) is 19.0 Å². The molecular formula is C22H27F3N4O. The van der Waals surface area contributed by atoms with Crippen molar-refractivity contribution < 1.29 is 18.0 Å². The van der Waals surface area contributed by atoms with Crippen LogP contribution in [0, 0.1) is 6.92 Å². The zero-order valence-electron chi connectivity index (χ0n) is 17.1. The number of anilines is 1. The predicted octanol–water partition coefficient (Wildman–Crippen LogP) is 3.28. The number of nitrogens with one attached hydrogen (secondary N) is 1. The van der Waals surface area contributed by atoms with Gasteiger partial charge in [-0.3, -0.25) is 9.69 Å². The molecule has 0 aliphatic carbocycles. The van der Waals surface area contributed by atoms with Gasteiger partial charge in [-0.1, -0.05) is 24.3 Å². The van der Waals surface area contributed by atoms with Gasteiger partial charge in [0.25, 0.3) is 0 Å². The number of carbonyl (C=O) groups is 1. The van der Waals surface area contributed by atoms with Crippen molar-refractivity contribution in [3.8, 4) is 0 Å². The van der Waals surface area contributed by atoms with E-state index >= 15 is 0 Å². The summed E-state index contributed by atoms with van der Waals surface area (Å²) in [5.41, 5.74) is 1.70. The fourth-order valence-electron chi connectivity index (χ4n) is 3.59. The van der Waals surface area contributed by atoms with Crippen LogP contribution in [0.5, 0.6) is 0 Å². The molecule has 1 aliphatic rings. The molecule has 0 radical (unpaired) electrons. The van der Waals surface area contributed by atoms with E-state index in [9.17, 15) is 18.0 Å². The van der Waals surface area contributed by atoms with E-state index in [4.69, 9.17) is 0 Å². The minimum absolute atomic E-state index is 0.00955. The van der Waals surface area contributed by atoms with Crippen molar-refractivity contribution in [1.29, 1.82) is 0 Å². The zero-order valence-corrected chi connectivity index (χ0v) is 17.1. The van der Waals surface area contributed by atoms with Crippen LogP contribution in [0.3, 0.4) is 0 Å². The van der Waals surface area contributed by atoms with Crippen LogP contribution in [-0.4, -0.2) is 55.1 Å². The maximum Gasteiger partial charge on any atom is 0.417 e. The Morgan fingerprint density at radius 2 is 1.90 bits per heavy atom. The fraction of sp³-hybridized carbons (Fsp3) is 0.455. The lowest BCUT2D eigenvalue weighted by molar-refractivity contribution is -0.137. The predicted molar refractivity (Wildman–Crippen MR) is 110 cm³/mol. The third-order valence-corrected chi connectivity index (χ3v) is 5.33. The van der Waals surface area contributed by atoms with Crippen molar-refractivity contribution in [2.75, 3.05) is 44.2 Å². The minimum Gasteiger partial charge on any atom is -0.355 e. The van der Waals surface area contributed by atoms with Gasteiger partial charge >= 0.3 is 6.18 Å². The van der Waals surface area contributed by atoms with Crippen LogP contribution in [0.15, 0.2) is 42.6 Å². The van der Waals surface area contributed by atoms with E-state index in [0.717, 1.165) is 31.6 Å². The van der Waals surface area contributed by atoms with Gasteiger partial charge in [-0.25, -0.2) is 4.98 Å². The first kappa shape index (κ1) is 22.1.